The average molecular weight is 272 g/mol. The fourth-order valence-corrected chi connectivity index (χ4v) is 1.79. The van der Waals surface area contributed by atoms with Crippen LogP contribution in [0, 0.1) is 22.7 Å². The maximum atomic E-state index is 12.0. The van der Waals surface area contributed by atoms with E-state index in [2.05, 4.69) is 5.32 Å². The molecule has 0 fully saturated rings. The highest BCUT2D eigenvalue weighted by Gasteiger charge is 2.29. The van der Waals surface area contributed by atoms with Gasteiger partial charge in [0.05, 0.1) is 6.07 Å². The largest absolute Gasteiger partial charge is 0.350 e. The summed E-state index contributed by atoms with van der Waals surface area (Å²) in [5.74, 6) is -2.07. The minimum atomic E-state index is -1.22. The first-order valence-corrected chi connectivity index (χ1v) is 6.57. The van der Waals surface area contributed by atoms with Crippen molar-refractivity contribution in [1.29, 1.82) is 5.26 Å². The number of amides is 1. The van der Waals surface area contributed by atoms with Crippen LogP contribution < -0.4 is 5.32 Å². The van der Waals surface area contributed by atoms with Crippen molar-refractivity contribution >= 4 is 11.7 Å². The maximum Gasteiger partial charge on any atom is 0.245 e. The lowest BCUT2D eigenvalue weighted by atomic mass is 9.86. The minimum Gasteiger partial charge on any atom is -0.350 e. The number of nitrogens with zero attached hydrogens (tertiary/aromatic N) is 1. The van der Waals surface area contributed by atoms with E-state index in [-0.39, 0.29) is 17.6 Å². The third-order valence-electron chi connectivity index (χ3n) is 2.73. The molecule has 0 heterocycles. The summed E-state index contributed by atoms with van der Waals surface area (Å²) in [6, 6.07) is 11.2. The Balaban J connectivity index is 2.60. The monoisotopic (exact) mass is 272 g/mol. The molecule has 0 aromatic heterocycles. The molecule has 1 N–H and O–H groups in total. The van der Waals surface area contributed by atoms with E-state index in [1.165, 1.54) is 0 Å². The first-order valence-electron chi connectivity index (χ1n) is 6.57. The number of Topliss-reactive ketones (excluding diaryl/α,β-unsaturated/α-hetero) is 1. The second kappa shape index (κ2) is 6.85. The van der Waals surface area contributed by atoms with Crippen LogP contribution in [0.3, 0.4) is 0 Å². The highest BCUT2D eigenvalue weighted by molar-refractivity contribution is 6.04. The molecule has 0 saturated heterocycles. The standard InChI is InChI=1S/C16H20N2O2/c1-16(2,3)9-14(19)13(10-17)15(20)18-11-12-7-5-4-6-8-12/h4-8,13H,9,11H2,1-3H3,(H,18,20)/t13-/m1/s1. The van der Waals surface area contributed by atoms with Crippen molar-refractivity contribution in [2.24, 2.45) is 11.3 Å². The van der Waals surface area contributed by atoms with Gasteiger partial charge in [0.2, 0.25) is 5.91 Å². The molecule has 4 heteroatoms. The molecule has 0 aliphatic carbocycles. The van der Waals surface area contributed by atoms with Crippen LogP contribution in [-0.2, 0) is 16.1 Å². The van der Waals surface area contributed by atoms with Crippen LogP contribution in [-0.4, -0.2) is 11.7 Å². The van der Waals surface area contributed by atoms with Crippen LogP contribution in [0.4, 0.5) is 0 Å². The van der Waals surface area contributed by atoms with Crippen molar-refractivity contribution in [3.63, 3.8) is 0 Å². The molecule has 106 valence electrons. The van der Waals surface area contributed by atoms with Crippen molar-refractivity contribution in [1.82, 2.24) is 5.32 Å². The molecule has 0 radical (unpaired) electrons. The van der Waals surface area contributed by atoms with Gasteiger partial charge in [-0.05, 0) is 11.0 Å². The molecule has 0 aliphatic rings. The van der Waals surface area contributed by atoms with E-state index in [4.69, 9.17) is 5.26 Å². The van der Waals surface area contributed by atoms with Crippen molar-refractivity contribution < 1.29 is 9.59 Å². The van der Waals surface area contributed by atoms with Crippen LogP contribution in [0.5, 0.6) is 0 Å². The van der Waals surface area contributed by atoms with E-state index < -0.39 is 11.8 Å². The Bertz CT molecular complexity index is 510. The van der Waals surface area contributed by atoms with E-state index in [0.717, 1.165) is 5.56 Å². The average Bonchev–Trinajstić information content (AvgIpc) is 2.36. The summed E-state index contributed by atoms with van der Waals surface area (Å²) in [7, 11) is 0. The Labute approximate surface area is 119 Å². The summed E-state index contributed by atoms with van der Waals surface area (Å²) in [5, 5.41) is 11.7. The van der Waals surface area contributed by atoms with Gasteiger partial charge >= 0.3 is 0 Å². The molecule has 20 heavy (non-hydrogen) atoms. The van der Waals surface area contributed by atoms with Gasteiger partial charge in [-0.2, -0.15) is 5.26 Å². The highest BCUT2D eigenvalue weighted by atomic mass is 16.2. The maximum absolute atomic E-state index is 12.0. The zero-order valence-electron chi connectivity index (χ0n) is 12.1. The fourth-order valence-electron chi connectivity index (χ4n) is 1.79. The summed E-state index contributed by atoms with van der Waals surface area (Å²) in [6.45, 7) is 6.03. The predicted octanol–water partition coefficient (Wildman–Crippen LogP) is 2.45. The van der Waals surface area contributed by atoms with Gasteiger partial charge in [0.1, 0.15) is 0 Å². The Morgan fingerprint density at radius 1 is 1.25 bits per heavy atom. The molecule has 1 aromatic carbocycles. The van der Waals surface area contributed by atoms with Gasteiger partial charge in [-0.15, -0.1) is 0 Å². The van der Waals surface area contributed by atoms with Gasteiger partial charge in [0.15, 0.2) is 11.7 Å². The van der Waals surface area contributed by atoms with E-state index >= 15 is 0 Å². The first-order chi connectivity index (χ1) is 9.33. The number of hydrogen-bond donors (Lipinski definition) is 1. The van der Waals surface area contributed by atoms with Crippen LogP contribution in [0.15, 0.2) is 30.3 Å². The van der Waals surface area contributed by atoms with Crippen LogP contribution in [0.2, 0.25) is 0 Å². The third kappa shape index (κ3) is 5.23. The zero-order valence-corrected chi connectivity index (χ0v) is 12.1. The molecule has 1 amide bonds. The summed E-state index contributed by atoms with van der Waals surface area (Å²) in [4.78, 5) is 23.9. The van der Waals surface area contributed by atoms with Crippen molar-refractivity contribution in [2.45, 2.75) is 33.7 Å². The van der Waals surface area contributed by atoms with Crippen molar-refractivity contribution in [3.8, 4) is 6.07 Å². The molecule has 0 unspecified atom stereocenters. The second-order valence-corrected chi connectivity index (χ2v) is 5.97. The molecule has 1 rings (SSSR count). The van der Waals surface area contributed by atoms with Gasteiger partial charge in [0, 0.05) is 13.0 Å². The number of nitrogens with one attached hydrogen (secondary N) is 1. The van der Waals surface area contributed by atoms with Crippen molar-refractivity contribution in [2.75, 3.05) is 0 Å². The van der Waals surface area contributed by atoms with Gasteiger partial charge < -0.3 is 5.32 Å². The molecule has 1 atom stereocenters. The number of rotatable bonds is 5. The van der Waals surface area contributed by atoms with E-state index in [1.807, 2.05) is 51.1 Å². The molecule has 0 saturated carbocycles. The number of hydrogen-bond acceptors (Lipinski definition) is 3. The quantitative estimate of drug-likeness (QED) is 0.837. The lowest BCUT2D eigenvalue weighted by Crippen LogP contribution is -2.35. The number of carbonyl (C=O) groups is 2. The smallest absolute Gasteiger partial charge is 0.245 e. The molecular weight excluding hydrogens is 252 g/mol. The summed E-state index contributed by atoms with van der Waals surface area (Å²) >= 11 is 0. The Morgan fingerprint density at radius 3 is 2.35 bits per heavy atom. The minimum absolute atomic E-state index is 0.212. The van der Waals surface area contributed by atoms with Crippen LogP contribution in [0.1, 0.15) is 32.8 Å². The summed E-state index contributed by atoms with van der Waals surface area (Å²) in [6.07, 6.45) is 0.212. The Hall–Kier alpha value is -2.15. The lowest BCUT2D eigenvalue weighted by molar-refractivity contribution is -0.132. The van der Waals surface area contributed by atoms with E-state index in [0.29, 0.717) is 6.54 Å². The number of ketones is 1. The second-order valence-electron chi connectivity index (χ2n) is 5.97. The van der Waals surface area contributed by atoms with Gasteiger partial charge in [-0.3, -0.25) is 9.59 Å². The van der Waals surface area contributed by atoms with E-state index in [1.54, 1.807) is 6.07 Å². The summed E-state index contributed by atoms with van der Waals surface area (Å²) < 4.78 is 0. The lowest BCUT2D eigenvalue weighted by Gasteiger charge is -2.18. The normalized spacial score (nSPS) is 12.3. The Kier molecular flexibility index (Phi) is 5.45. The molecule has 0 bridgehead atoms. The number of benzene rings is 1. The van der Waals surface area contributed by atoms with Gasteiger partial charge in [0.25, 0.3) is 0 Å². The van der Waals surface area contributed by atoms with Gasteiger partial charge in [-0.1, -0.05) is 51.1 Å². The number of nitriles is 1. The van der Waals surface area contributed by atoms with Crippen LogP contribution in [0.25, 0.3) is 0 Å². The summed E-state index contributed by atoms with van der Waals surface area (Å²) in [5.41, 5.74) is 0.701. The van der Waals surface area contributed by atoms with E-state index in [9.17, 15) is 9.59 Å². The molecule has 0 aliphatic heterocycles. The number of carbonyl (C=O) groups excluding carboxylic acids is 2. The predicted molar refractivity (Wildman–Crippen MR) is 76.5 cm³/mol. The Morgan fingerprint density at radius 2 is 1.85 bits per heavy atom. The first kappa shape index (κ1) is 15.9. The molecule has 0 spiro atoms. The fraction of sp³-hybridized carbons (Fsp3) is 0.438. The highest BCUT2D eigenvalue weighted by Crippen LogP contribution is 2.21. The molecular formula is C16H20N2O2. The zero-order chi connectivity index (χ0) is 15.2. The molecule has 4 nitrogen and oxygen atoms in total. The van der Waals surface area contributed by atoms with Crippen LogP contribution >= 0.6 is 0 Å². The third-order valence-corrected chi connectivity index (χ3v) is 2.73. The molecule has 1 aromatic rings. The van der Waals surface area contributed by atoms with Crippen molar-refractivity contribution in [3.05, 3.63) is 35.9 Å². The SMILES string of the molecule is CC(C)(C)CC(=O)[C@@H](C#N)C(=O)NCc1ccccc1. The topological polar surface area (TPSA) is 70.0 Å². The van der Waals surface area contributed by atoms with Gasteiger partial charge in [-0.25, -0.2) is 0 Å².